The summed E-state index contributed by atoms with van der Waals surface area (Å²) in [5.74, 6) is 0.141. The first-order valence-corrected chi connectivity index (χ1v) is 6.85. The van der Waals surface area contributed by atoms with Crippen molar-refractivity contribution in [1.82, 2.24) is 0 Å². The quantitative estimate of drug-likeness (QED) is 0.793. The van der Waals surface area contributed by atoms with Crippen molar-refractivity contribution in [1.29, 1.82) is 0 Å². The average Bonchev–Trinajstić information content (AvgIpc) is 2.49. The predicted molar refractivity (Wildman–Crippen MR) is 78.0 cm³/mol. The number of aryl methyl sites for hydroxylation is 1. The van der Waals surface area contributed by atoms with Crippen LogP contribution < -0.4 is 5.73 Å². The number of hydrogen-bond acceptors (Lipinski definition) is 2. The van der Waals surface area contributed by atoms with Crippen LogP contribution in [0.5, 0.6) is 0 Å². The minimum Gasteiger partial charge on any atom is -0.404 e. The van der Waals surface area contributed by atoms with E-state index in [0.717, 1.165) is 34.0 Å². The van der Waals surface area contributed by atoms with Gasteiger partial charge in [-0.1, -0.05) is 17.2 Å². The zero-order chi connectivity index (χ0) is 13.1. The van der Waals surface area contributed by atoms with Crippen molar-refractivity contribution in [2.24, 2.45) is 5.73 Å². The number of ketones is 1. The lowest BCUT2D eigenvalue weighted by Gasteiger charge is -2.03. The van der Waals surface area contributed by atoms with E-state index in [0.29, 0.717) is 11.4 Å². The molecule has 94 valence electrons. The highest BCUT2D eigenvalue weighted by molar-refractivity contribution is 9.11. The van der Waals surface area contributed by atoms with Gasteiger partial charge in [0.05, 0.1) is 0 Å². The van der Waals surface area contributed by atoms with Gasteiger partial charge in [0.2, 0.25) is 0 Å². The first-order chi connectivity index (χ1) is 8.60. The van der Waals surface area contributed by atoms with E-state index in [-0.39, 0.29) is 5.78 Å². The second-order valence-corrected chi connectivity index (χ2v) is 5.61. The third-order valence-electron chi connectivity index (χ3n) is 2.97. The molecule has 4 heteroatoms. The van der Waals surface area contributed by atoms with Gasteiger partial charge in [-0.2, -0.15) is 0 Å². The van der Waals surface area contributed by atoms with Gasteiger partial charge in [0.1, 0.15) is 0 Å². The number of rotatable bonds is 1. The first kappa shape index (κ1) is 13.4. The van der Waals surface area contributed by atoms with Gasteiger partial charge in [-0.25, -0.2) is 0 Å². The third kappa shape index (κ3) is 3.03. The number of Topliss-reactive ketones (excluding diaryl/α,β-unsaturated/α-hetero) is 1. The summed E-state index contributed by atoms with van der Waals surface area (Å²) >= 11 is 9.29. The highest BCUT2D eigenvalue weighted by Gasteiger charge is 2.18. The summed E-state index contributed by atoms with van der Waals surface area (Å²) < 4.78 is 0.800. The molecule has 0 radical (unpaired) electrons. The average molecular weight is 327 g/mol. The van der Waals surface area contributed by atoms with Crippen molar-refractivity contribution in [3.63, 3.8) is 0 Å². The van der Waals surface area contributed by atoms with Crippen LogP contribution in [0.1, 0.15) is 28.8 Å². The van der Waals surface area contributed by atoms with Crippen LogP contribution in [0.2, 0.25) is 5.02 Å². The van der Waals surface area contributed by atoms with E-state index in [9.17, 15) is 4.79 Å². The lowest BCUT2D eigenvalue weighted by atomic mass is 10.0. The molecule has 0 heterocycles. The van der Waals surface area contributed by atoms with E-state index < -0.39 is 0 Å². The maximum absolute atomic E-state index is 12.1. The Hall–Kier alpha value is -1.06. The molecule has 0 fully saturated rings. The number of hydrogen-bond donors (Lipinski definition) is 1. The van der Waals surface area contributed by atoms with Gasteiger partial charge < -0.3 is 5.73 Å². The number of nitrogens with two attached hydrogens (primary N) is 1. The fourth-order valence-electron chi connectivity index (χ4n) is 2.09. The molecule has 0 aliphatic heterocycles. The van der Waals surface area contributed by atoms with Crippen molar-refractivity contribution < 1.29 is 4.79 Å². The predicted octanol–water partition coefficient (Wildman–Crippen LogP) is 3.98. The summed E-state index contributed by atoms with van der Waals surface area (Å²) in [5, 5.41) is 0.678. The van der Waals surface area contributed by atoms with Gasteiger partial charge in [-0.05, 0) is 58.6 Å². The van der Waals surface area contributed by atoms with E-state index in [1.54, 1.807) is 6.07 Å². The number of halogens is 2. The van der Waals surface area contributed by atoms with Crippen molar-refractivity contribution >= 4 is 33.3 Å². The van der Waals surface area contributed by atoms with Crippen LogP contribution in [0.25, 0.3) is 0 Å². The zero-order valence-corrected chi connectivity index (χ0v) is 12.1. The maximum Gasteiger partial charge on any atom is 0.167 e. The van der Waals surface area contributed by atoms with Crippen LogP contribution in [0.15, 0.2) is 40.5 Å². The summed E-state index contributed by atoms with van der Waals surface area (Å²) in [7, 11) is 0. The molecule has 0 saturated carbocycles. The summed E-state index contributed by atoms with van der Waals surface area (Å²) in [5.41, 5.74) is 8.31. The number of carbonyl (C=O) groups excluding carboxylic acids is 1. The van der Waals surface area contributed by atoms with Gasteiger partial charge >= 0.3 is 0 Å². The molecular formula is C14H13BrClNO. The van der Waals surface area contributed by atoms with E-state index in [4.69, 9.17) is 17.3 Å². The molecule has 2 N–H and O–H groups in total. The summed E-state index contributed by atoms with van der Waals surface area (Å²) in [6, 6.07) is 5.46. The maximum atomic E-state index is 12.1. The molecule has 1 aromatic carbocycles. The van der Waals surface area contributed by atoms with Gasteiger partial charge in [0.25, 0.3) is 0 Å². The van der Waals surface area contributed by atoms with Crippen LogP contribution in [0.3, 0.4) is 0 Å². The second kappa shape index (κ2) is 5.72. The molecule has 2 nitrogen and oxygen atoms in total. The molecule has 18 heavy (non-hydrogen) atoms. The summed E-state index contributed by atoms with van der Waals surface area (Å²) in [4.78, 5) is 12.1. The molecule has 1 aliphatic carbocycles. The van der Waals surface area contributed by atoms with E-state index in [1.807, 2.05) is 18.2 Å². The molecule has 1 aliphatic rings. The van der Waals surface area contributed by atoms with Crippen LogP contribution in [0, 0.1) is 0 Å². The number of carbonyl (C=O) groups is 1. The molecule has 0 amide bonds. The van der Waals surface area contributed by atoms with E-state index in [2.05, 4.69) is 15.9 Å². The monoisotopic (exact) mass is 325 g/mol. The Bertz CT molecular complexity index is 549. The molecule has 1 aromatic rings. The zero-order valence-electron chi connectivity index (χ0n) is 9.75. The fraction of sp³-hybridized carbons (Fsp3) is 0.214. The highest BCUT2D eigenvalue weighted by Crippen LogP contribution is 2.27. The second-order valence-electron chi connectivity index (χ2n) is 4.26. The minimum absolute atomic E-state index is 0.141. The molecule has 0 saturated heterocycles. The Morgan fingerprint density at radius 2 is 2.17 bits per heavy atom. The Balaban J connectivity index is 2.32. The molecule has 2 rings (SSSR count). The Morgan fingerprint density at radius 3 is 2.89 bits per heavy atom. The third-order valence-corrected chi connectivity index (χ3v) is 3.70. The van der Waals surface area contributed by atoms with Crippen LogP contribution in [-0.2, 0) is 6.42 Å². The summed E-state index contributed by atoms with van der Waals surface area (Å²) in [6.07, 6.45) is 5.52. The topological polar surface area (TPSA) is 43.1 Å². The summed E-state index contributed by atoms with van der Waals surface area (Å²) in [6.45, 7) is 0. The fourth-order valence-corrected chi connectivity index (χ4v) is 2.61. The van der Waals surface area contributed by atoms with Gasteiger partial charge in [-0.15, -0.1) is 0 Å². The number of fused-ring (bicyclic) bond motifs is 1. The standard InChI is InChI=1S/C14H13BrClNO/c15-11(8-17)5-9-1-2-10-7-12(16)3-4-13(10)14(18)6-9/h3-5,7-8H,1-2,6,17H2/b9-5-,11-8+. The van der Waals surface area contributed by atoms with Crippen molar-refractivity contribution in [2.45, 2.75) is 19.3 Å². The van der Waals surface area contributed by atoms with E-state index in [1.165, 1.54) is 6.20 Å². The normalized spacial score (nSPS) is 18.7. The van der Waals surface area contributed by atoms with Crippen LogP contribution in [-0.4, -0.2) is 5.78 Å². The molecular weight excluding hydrogens is 314 g/mol. The lowest BCUT2D eigenvalue weighted by Crippen LogP contribution is -2.00. The Morgan fingerprint density at radius 1 is 1.39 bits per heavy atom. The Labute approximate surface area is 120 Å². The number of benzene rings is 1. The molecule has 0 atom stereocenters. The first-order valence-electron chi connectivity index (χ1n) is 5.68. The largest absolute Gasteiger partial charge is 0.404 e. The Kier molecular flexibility index (Phi) is 4.25. The molecule has 0 bridgehead atoms. The molecule has 0 unspecified atom stereocenters. The van der Waals surface area contributed by atoms with Crippen LogP contribution >= 0.6 is 27.5 Å². The highest BCUT2D eigenvalue weighted by atomic mass is 79.9. The molecule has 0 spiro atoms. The number of allylic oxidation sites excluding steroid dienone is 3. The van der Waals surface area contributed by atoms with Gasteiger partial charge in [0.15, 0.2) is 5.78 Å². The van der Waals surface area contributed by atoms with Crippen LogP contribution in [0.4, 0.5) is 0 Å². The van der Waals surface area contributed by atoms with Crippen molar-refractivity contribution in [3.8, 4) is 0 Å². The SMILES string of the molecule is N/C=C(Br)\C=C1\CCc2cc(Cl)ccc2C(=O)C1. The van der Waals surface area contributed by atoms with Crippen molar-refractivity contribution in [3.05, 3.63) is 56.7 Å². The molecule has 0 aromatic heterocycles. The lowest BCUT2D eigenvalue weighted by molar-refractivity contribution is 0.0993. The van der Waals surface area contributed by atoms with E-state index >= 15 is 0 Å². The van der Waals surface area contributed by atoms with Gasteiger partial charge in [0, 0.05) is 27.7 Å². The van der Waals surface area contributed by atoms with Gasteiger partial charge in [-0.3, -0.25) is 4.79 Å². The van der Waals surface area contributed by atoms with Crippen molar-refractivity contribution in [2.75, 3.05) is 0 Å². The smallest absolute Gasteiger partial charge is 0.167 e. The minimum atomic E-state index is 0.141.